The van der Waals surface area contributed by atoms with Crippen LogP contribution in [0.2, 0.25) is 0 Å². The maximum absolute atomic E-state index is 6.11. The molecule has 19 heavy (non-hydrogen) atoms. The van der Waals surface area contributed by atoms with Crippen molar-refractivity contribution in [3.8, 4) is 0 Å². The molecule has 0 unspecified atom stereocenters. The van der Waals surface area contributed by atoms with Gasteiger partial charge in [0.1, 0.15) is 6.61 Å². The topological polar surface area (TPSA) is 47.6 Å². The molecule has 2 aliphatic rings. The number of rotatable bonds is 3. The number of hydrogen-bond acceptors (Lipinski definition) is 3. The Labute approximate surface area is 114 Å². The second-order valence-electron chi connectivity index (χ2n) is 5.66. The van der Waals surface area contributed by atoms with E-state index in [9.17, 15) is 0 Å². The summed E-state index contributed by atoms with van der Waals surface area (Å²) in [4.78, 5) is 4.40. The molecule has 0 amide bonds. The van der Waals surface area contributed by atoms with Crippen molar-refractivity contribution in [1.82, 2.24) is 0 Å². The first-order valence-corrected chi connectivity index (χ1v) is 7.32. The molecule has 0 aromatic heterocycles. The molecule has 1 heterocycles. The lowest BCUT2D eigenvalue weighted by atomic mass is 9.69. The van der Waals surface area contributed by atoms with Crippen LogP contribution < -0.4 is 5.73 Å². The Balaban J connectivity index is 1.93. The van der Waals surface area contributed by atoms with Crippen LogP contribution in [0, 0.1) is 0 Å². The molecule has 0 spiro atoms. The number of aliphatic imine (C=N–C) groups is 1. The van der Waals surface area contributed by atoms with Crippen molar-refractivity contribution in [3.05, 3.63) is 35.4 Å². The van der Waals surface area contributed by atoms with Gasteiger partial charge in [-0.15, -0.1) is 0 Å². The zero-order valence-electron chi connectivity index (χ0n) is 11.4. The average molecular weight is 258 g/mol. The summed E-state index contributed by atoms with van der Waals surface area (Å²) in [5.74, 6) is 0.796. The van der Waals surface area contributed by atoms with Gasteiger partial charge in [0.2, 0.25) is 5.90 Å². The monoisotopic (exact) mass is 258 g/mol. The molecule has 3 heteroatoms. The van der Waals surface area contributed by atoms with E-state index in [0.717, 1.165) is 24.6 Å². The van der Waals surface area contributed by atoms with Crippen molar-refractivity contribution in [2.45, 2.75) is 37.5 Å². The normalized spacial score (nSPS) is 21.8. The van der Waals surface area contributed by atoms with Gasteiger partial charge in [-0.25, -0.2) is 4.99 Å². The second-order valence-corrected chi connectivity index (χ2v) is 5.66. The Morgan fingerprint density at radius 3 is 2.74 bits per heavy atom. The molecule has 3 nitrogen and oxygen atoms in total. The van der Waals surface area contributed by atoms with Crippen molar-refractivity contribution in [2.75, 3.05) is 19.7 Å². The number of benzene rings is 1. The minimum absolute atomic E-state index is 0.174. The Hall–Kier alpha value is -1.35. The molecule has 0 radical (unpaired) electrons. The summed E-state index contributed by atoms with van der Waals surface area (Å²) >= 11 is 0. The number of ether oxygens (including phenoxy) is 1. The fourth-order valence-corrected chi connectivity index (χ4v) is 3.33. The molecule has 0 bridgehead atoms. The SMILES string of the molecule is NCC1(c2cccc(C3=NCCO3)c2)CCCCC1. The highest BCUT2D eigenvalue weighted by Crippen LogP contribution is 2.38. The Bertz CT molecular complexity index is 475. The lowest BCUT2D eigenvalue weighted by molar-refractivity contribution is 0.300. The molecule has 1 saturated carbocycles. The predicted octanol–water partition coefficient (Wildman–Crippen LogP) is 2.62. The summed E-state index contributed by atoms with van der Waals surface area (Å²) in [7, 11) is 0. The van der Waals surface area contributed by atoms with Gasteiger partial charge in [-0.3, -0.25) is 0 Å². The zero-order valence-corrected chi connectivity index (χ0v) is 11.4. The average Bonchev–Trinajstić information content (AvgIpc) is 3.02. The molecular formula is C16H22N2O. The molecule has 2 N–H and O–H groups in total. The van der Waals surface area contributed by atoms with Gasteiger partial charge < -0.3 is 10.5 Å². The van der Waals surface area contributed by atoms with Crippen LogP contribution >= 0.6 is 0 Å². The lowest BCUT2D eigenvalue weighted by Crippen LogP contribution is -2.37. The molecule has 3 rings (SSSR count). The molecule has 102 valence electrons. The minimum Gasteiger partial charge on any atom is -0.476 e. The number of hydrogen-bond donors (Lipinski definition) is 1. The van der Waals surface area contributed by atoms with Crippen LogP contribution in [-0.2, 0) is 10.2 Å². The molecule has 1 aliphatic heterocycles. The van der Waals surface area contributed by atoms with Crippen LogP contribution in [0.4, 0.5) is 0 Å². The summed E-state index contributed by atoms with van der Waals surface area (Å²) in [6, 6.07) is 8.65. The summed E-state index contributed by atoms with van der Waals surface area (Å²) in [6.45, 7) is 2.23. The highest BCUT2D eigenvalue weighted by Gasteiger charge is 2.32. The summed E-state index contributed by atoms with van der Waals surface area (Å²) in [5, 5.41) is 0. The highest BCUT2D eigenvalue weighted by molar-refractivity contribution is 5.95. The standard InChI is InChI=1S/C16H22N2O/c17-12-16(7-2-1-3-8-16)14-6-4-5-13(11-14)15-18-9-10-19-15/h4-6,11H,1-3,7-10,12,17H2. The van der Waals surface area contributed by atoms with Gasteiger partial charge in [0.25, 0.3) is 0 Å². The van der Waals surface area contributed by atoms with E-state index in [0.29, 0.717) is 6.61 Å². The van der Waals surface area contributed by atoms with E-state index in [1.807, 2.05) is 0 Å². The van der Waals surface area contributed by atoms with E-state index in [-0.39, 0.29) is 5.41 Å². The third-order valence-electron chi connectivity index (χ3n) is 4.51. The van der Waals surface area contributed by atoms with Crippen molar-refractivity contribution in [2.24, 2.45) is 10.7 Å². The molecule has 1 aliphatic carbocycles. The van der Waals surface area contributed by atoms with Crippen molar-refractivity contribution in [1.29, 1.82) is 0 Å². The van der Waals surface area contributed by atoms with Crippen LogP contribution in [0.3, 0.4) is 0 Å². The molecule has 0 atom stereocenters. The van der Waals surface area contributed by atoms with E-state index < -0.39 is 0 Å². The molecule has 1 fully saturated rings. The Kier molecular flexibility index (Phi) is 3.56. The van der Waals surface area contributed by atoms with Crippen molar-refractivity contribution >= 4 is 5.90 Å². The molecule has 0 saturated heterocycles. The number of nitrogens with zero attached hydrogens (tertiary/aromatic N) is 1. The maximum atomic E-state index is 6.11. The molecule has 1 aromatic carbocycles. The zero-order chi connectivity index (χ0) is 13.1. The van der Waals surface area contributed by atoms with Crippen LogP contribution in [-0.4, -0.2) is 25.6 Å². The van der Waals surface area contributed by atoms with Crippen LogP contribution in [0.1, 0.15) is 43.2 Å². The van der Waals surface area contributed by atoms with Crippen molar-refractivity contribution < 1.29 is 4.74 Å². The maximum Gasteiger partial charge on any atom is 0.216 e. The summed E-state index contributed by atoms with van der Waals surface area (Å²) in [6.07, 6.45) is 6.34. The lowest BCUT2D eigenvalue weighted by Gasteiger charge is -2.37. The second kappa shape index (κ2) is 5.33. The Morgan fingerprint density at radius 2 is 2.05 bits per heavy atom. The van der Waals surface area contributed by atoms with Gasteiger partial charge in [-0.05, 0) is 30.5 Å². The quantitative estimate of drug-likeness (QED) is 0.906. The van der Waals surface area contributed by atoms with Gasteiger partial charge in [0.05, 0.1) is 6.54 Å². The van der Waals surface area contributed by atoms with Gasteiger partial charge in [0.15, 0.2) is 0 Å². The van der Waals surface area contributed by atoms with Crippen LogP contribution in [0.25, 0.3) is 0 Å². The van der Waals surface area contributed by atoms with E-state index >= 15 is 0 Å². The van der Waals surface area contributed by atoms with Gasteiger partial charge in [-0.1, -0.05) is 31.4 Å². The first-order chi connectivity index (χ1) is 9.34. The first kappa shape index (κ1) is 12.7. The third-order valence-corrected chi connectivity index (χ3v) is 4.51. The smallest absolute Gasteiger partial charge is 0.216 e. The summed E-state index contributed by atoms with van der Waals surface area (Å²) in [5.41, 5.74) is 8.76. The minimum atomic E-state index is 0.174. The van der Waals surface area contributed by atoms with E-state index in [4.69, 9.17) is 10.5 Å². The third kappa shape index (κ3) is 2.39. The summed E-state index contributed by atoms with van der Waals surface area (Å²) < 4.78 is 5.57. The fourth-order valence-electron chi connectivity index (χ4n) is 3.33. The van der Waals surface area contributed by atoms with Gasteiger partial charge >= 0.3 is 0 Å². The van der Waals surface area contributed by atoms with Gasteiger partial charge in [0, 0.05) is 17.5 Å². The Morgan fingerprint density at radius 1 is 1.21 bits per heavy atom. The van der Waals surface area contributed by atoms with Crippen molar-refractivity contribution in [3.63, 3.8) is 0 Å². The van der Waals surface area contributed by atoms with Gasteiger partial charge in [-0.2, -0.15) is 0 Å². The predicted molar refractivity (Wildman–Crippen MR) is 77.6 cm³/mol. The number of nitrogens with two attached hydrogens (primary N) is 1. The van der Waals surface area contributed by atoms with E-state index in [2.05, 4.69) is 29.3 Å². The largest absolute Gasteiger partial charge is 0.476 e. The molecule has 1 aromatic rings. The first-order valence-electron chi connectivity index (χ1n) is 7.32. The van der Waals surface area contributed by atoms with Crippen LogP contribution in [0.15, 0.2) is 29.3 Å². The molecular weight excluding hydrogens is 236 g/mol. The highest BCUT2D eigenvalue weighted by atomic mass is 16.5. The fraction of sp³-hybridized carbons (Fsp3) is 0.562. The van der Waals surface area contributed by atoms with Crippen LogP contribution in [0.5, 0.6) is 0 Å². The van der Waals surface area contributed by atoms with E-state index in [1.165, 1.54) is 37.7 Å². The van der Waals surface area contributed by atoms with E-state index in [1.54, 1.807) is 0 Å².